The number of alkyl halides is 2. The van der Waals surface area contributed by atoms with Crippen LogP contribution in [0.4, 0.5) is 8.78 Å². The molecule has 122 valence electrons. The topological polar surface area (TPSA) is 78.5 Å². The molecule has 0 radical (unpaired) electrons. The molecule has 0 aliphatic carbocycles. The van der Waals surface area contributed by atoms with E-state index < -0.39 is 28.8 Å². The van der Waals surface area contributed by atoms with E-state index in [4.69, 9.17) is 16.9 Å². The van der Waals surface area contributed by atoms with Crippen LogP contribution in [0.5, 0.6) is 0 Å². The van der Waals surface area contributed by atoms with Crippen LogP contribution in [-0.2, 0) is 10.0 Å². The molecule has 0 spiro atoms. The first-order chi connectivity index (χ1) is 10.7. The van der Waals surface area contributed by atoms with Gasteiger partial charge in [-0.15, -0.1) is 0 Å². The van der Waals surface area contributed by atoms with E-state index in [0.717, 1.165) is 4.31 Å². The number of sulfonamides is 1. The molecule has 1 saturated heterocycles. The van der Waals surface area contributed by atoms with Gasteiger partial charge in [-0.25, -0.2) is 22.2 Å². The summed E-state index contributed by atoms with van der Waals surface area (Å²) in [6, 6.07) is 4.74. The van der Waals surface area contributed by atoms with Crippen LogP contribution in [-0.4, -0.2) is 41.1 Å². The Morgan fingerprint density at radius 3 is 2.61 bits per heavy atom. The summed E-state index contributed by atoms with van der Waals surface area (Å²) in [5.41, 5.74) is 0.510. The van der Waals surface area contributed by atoms with Crippen molar-refractivity contribution >= 4 is 27.3 Å². The fourth-order valence-corrected chi connectivity index (χ4v) is 4.51. The normalized spacial score (nSPS) is 18.9. The molecule has 0 amide bonds. The number of fused-ring (bicyclic) bond motifs is 1. The first-order valence-electron chi connectivity index (χ1n) is 6.70. The van der Waals surface area contributed by atoms with Gasteiger partial charge in [-0.1, -0.05) is 11.6 Å². The van der Waals surface area contributed by atoms with Crippen molar-refractivity contribution in [3.05, 3.63) is 29.0 Å². The Bertz CT molecular complexity index is 910. The summed E-state index contributed by atoms with van der Waals surface area (Å²) in [5.74, 6) is -2.85. The molecule has 0 bridgehead atoms. The van der Waals surface area contributed by atoms with Crippen molar-refractivity contribution in [3.8, 4) is 6.07 Å². The lowest BCUT2D eigenvalue weighted by atomic mass is 10.1. The highest BCUT2D eigenvalue weighted by molar-refractivity contribution is 7.89. The summed E-state index contributed by atoms with van der Waals surface area (Å²) in [6.07, 6.45) is 0.316. The SMILES string of the molecule is N#Cc1ccn2c(S(=O)(=O)N3CCC(F)(F)CC3)c(Cl)nc2c1. The second-order valence-corrected chi connectivity index (χ2v) is 7.43. The summed E-state index contributed by atoms with van der Waals surface area (Å²) < 4.78 is 54.1. The highest BCUT2D eigenvalue weighted by atomic mass is 35.5. The average Bonchev–Trinajstić information content (AvgIpc) is 2.82. The molecule has 23 heavy (non-hydrogen) atoms. The standard InChI is InChI=1S/C13H11ClF2N4O2S/c14-11-12(20-4-1-9(8-17)7-10(20)18-11)23(21,22)19-5-2-13(15,16)3-6-19/h1,4,7H,2-3,5-6H2. The van der Waals surface area contributed by atoms with E-state index in [1.165, 1.54) is 22.7 Å². The lowest BCUT2D eigenvalue weighted by molar-refractivity contribution is -0.0412. The summed E-state index contributed by atoms with van der Waals surface area (Å²) >= 11 is 5.95. The molecule has 10 heteroatoms. The Morgan fingerprint density at radius 1 is 1.35 bits per heavy atom. The van der Waals surface area contributed by atoms with Gasteiger partial charge in [-0.05, 0) is 12.1 Å². The molecule has 2 aromatic rings. The molecule has 1 aliphatic rings. The molecule has 2 aromatic heterocycles. The van der Waals surface area contributed by atoms with Crippen LogP contribution in [0, 0.1) is 11.3 Å². The number of nitrogens with zero attached hydrogens (tertiary/aromatic N) is 4. The first-order valence-corrected chi connectivity index (χ1v) is 8.52. The van der Waals surface area contributed by atoms with Crippen molar-refractivity contribution in [2.75, 3.05) is 13.1 Å². The highest BCUT2D eigenvalue weighted by Gasteiger charge is 2.40. The van der Waals surface area contributed by atoms with Gasteiger partial charge in [0.15, 0.2) is 10.2 Å². The number of nitriles is 1. The fourth-order valence-electron chi connectivity index (χ4n) is 2.47. The van der Waals surface area contributed by atoms with E-state index in [1.807, 2.05) is 6.07 Å². The number of hydrogen-bond donors (Lipinski definition) is 0. The largest absolute Gasteiger partial charge is 0.288 e. The maximum atomic E-state index is 13.2. The van der Waals surface area contributed by atoms with Gasteiger partial charge < -0.3 is 0 Å². The molecular formula is C13H11ClF2N4O2S. The number of piperidine rings is 1. The first kappa shape index (κ1) is 16.1. The molecule has 1 fully saturated rings. The van der Waals surface area contributed by atoms with Crippen molar-refractivity contribution in [1.82, 2.24) is 13.7 Å². The monoisotopic (exact) mass is 360 g/mol. The highest BCUT2D eigenvalue weighted by Crippen LogP contribution is 2.32. The van der Waals surface area contributed by atoms with Crippen LogP contribution in [0.25, 0.3) is 5.65 Å². The van der Waals surface area contributed by atoms with Crippen molar-refractivity contribution < 1.29 is 17.2 Å². The van der Waals surface area contributed by atoms with Crippen LogP contribution in [0.3, 0.4) is 0 Å². The predicted molar refractivity (Wildman–Crippen MR) is 77.9 cm³/mol. The van der Waals surface area contributed by atoms with Gasteiger partial charge in [0.25, 0.3) is 15.9 Å². The number of rotatable bonds is 2. The molecule has 0 atom stereocenters. The number of imidazole rings is 1. The summed E-state index contributed by atoms with van der Waals surface area (Å²) in [7, 11) is -4.06. The van der Waals surface area contributed by atoms with Crippen LogP contribution in [0.2, 0.25) is 5.15 Å². The Labute approximate surface area is 136 Å². The van der Waals surface area contributed by atoms with Crippen molar-refractivity contribution in [3.63, 3.8) is 0 Å². The lowest BCUT2D eigenvalue weighted by Crippen LogP contribution is -2.43. The fraction of sp³-hybridized carbons (Fsp3) is 0.385. The van der Waals surface area contributed by atoms with Crippen LogP contribution >= 0.6 is 11.6 Å². The van der Waals surface area contributed by atoms with E-state index in [2.05, 4.69) is 4.98 Å². The van der Waals surface area contributed by atoms with Crippen LogP contribution in [0.15, 0.2) is 23.4 Å². The van der Waals surface area contributed by atoms with Crippen molar-refractivity contribution in [1.29, 1.82) is 5.26 Å². The molecular weight excluding hydrogens is 350 g/mol. The van der Waals surface area contributed by atoms with Gasteiger partial charge >= 0.3 is 0 Å². The Kier molecular flexibility index (Phi) is 3.78. The zero-order valence-corrected chi connectivity index (χ0v) is 13.3. The molecule has 3 rings (SSSR count). The van der Waals surface area contributed by atoms with Gasteiger partial charge in [0.2, 0.25) is 0 Å². The third-order valence-corrected chi connectivity index (χ3v) is 6.01. The zero-order valence-electron chi connectivity index (χ0n) is 11.7. The van der Waals surface area contributed by atoms with E-state index in [0.29, 0.717) is 5.56 Å². The second-order valence-electron chi connectivity index (χ2n) is 5.22. The maximum Gasteiger partial charge on any atom is 0.262 e. The van der Waals surface area contributed by atoms with Gasteiger partial charge in [-0.3, -0.25) is 4.40 Å². The summed E-state index contributed by atoms with van der Waals surface area (Å²) in [5, 5.41) is 8.34. The molecule has 3 heterocycles. The van der Waals surface area contributed by atoms with E-state index in [-0.39, 0.29) is 28.9 Å². The minimum atomic E-state index is -4.06. The number of hydrogen-bond acceptors (Lipinski definition) is 4. The molecule has 0 unspecified atom stereocenters. The van der Waals surface area contributed by atoms with Gasteiger partial charge in [0.1, 0.15) is 5.65 Å². The smallest absolute Gasteiger partial charge is 0.262 e. The second kappa shape index (κ2) is 5.40. The third kappa shape index (κ3) is 2.78. The molecule has 0 aromatic carbocycles. The third-order valence-electron chi connectivity index (χ3n) is 3.71. The molecule has 0 N–H and O–H groups in total. The number of aromatic nitrogens is 2. The van der Waals surface area contributed by atoms with Crippen molar-refractivity contribution in [2.24, 2.45) is 0 Å². The molecule has 6 nitrogen and oxygen atoms in total. The maximum absolute atomic E-state index is 13.2. The molecule has 0 saturated carbocycles. The summed E-state index contributed by atoms with van der Waals surface area (Å²) in [4.78, 5) is 3.93. The Balaban J connectivity index is 2.06. The van der Waals surface area contributed by atoms with Crippen LogP contribution < -0.4 is 0 Å². The van der Waals surface area contributed by atoms with Gasteiger partial charge in [0, 0.05) is 32.1 Å². The molecule has 1 aliphatic heterocycles. The number of halogens is 3. The minimum Gasteiger partial charge on any atom is -0.288 e. The lowest BCUT2D eigenvalue weighted by Gasteiger charge is -2.30. The summed E-state index contributed by atoms with van der Waals surface area (Å²) in [6.45, 7) is -0.565. The number of pyridine rings is 1. The van der Waals surface area contributed by atoms with Gasteiger partial charge in [-0.2, -0.15) is 9.57 Å². The van der Waals surface area contributed by atoms with E-state index in [9.17, 15) is 17.2 Å². The predicted octanol–water partition coefficient (Wildman–Crippen LogP) is 2.28. The van der Waals surface area contributed by atoms with Crippen molar-refractivity contribution in [2.45, 2.75) is 23.8 Å². The Hall–Kier alpha value is -1.76. The zero-order chi connectivity index (χ0) is 16.8. The van der Waals surface area contributed by atoms with E-state index in [1.54, 1.807) is 0 Å². The van der Waals surface area contributed by atoms with Crippen LogP contribution in [0.1, 0.15) is 18.4 Å². The Morgan fingerprint density at radius 2 is 2.00 bits per heavy atom. The van der Waals surface area contributed by atoms with Gasteiger partial charge in [0.05, 0.1) is 11.6 Å². The minimum absolute atomic E-state index is 0.204. The van der Waals surface area contributed by atoms with E-state index >= 15 is 0 Å². The average molecular weight is 361 g/mol. The quantitative estimate of drug-likeness (QED) is 0.823.